The first kappa shape index (κ1) is 13.8. The van der Waals surface area contributed by atoms with Gasteiger partial charge in [0.1, 0.15) is 6.04 Å². The largest absolute Gasteiger partial charge is 0.480 e. The highest BCUT2D eigenvalue weighted by Gasteiger charge is 2.23. The van der Waals surface area contributed by atoms with Crippen LogP contribution >= 0.6 is 11.3 Å². The fraction of sp³-hybridized carbons (Fsp3) is 0.583. The van der Waals surface area contributed by atoms with E-state index in [-0.39, 0.29) is 0 Å². The number of hydrogen-bond acceptors (Lipinski definition) is 4. The zero-order valence-electron chi connectivity index (χ0n) is 11.0. The maximum Gasteiger partial charge on any atom is 0.326 e. The van der Waals surface area contributed by atoms with Crippen molar-refractivity contribution in [2.24, 2.45) is 0 Å². The molecule has 1 aromatic heterocycles. The molecule has 7 heteroatoms. The number of carbonyl (C=O) groups excluding carboxylic acids is 1. The number of thiazole rings is 1. The van der Waals surface area contributed by atoms with Crippen molar-refractivity contribution in [3.63, 3.8) is 0 Å². The van der Waals surface area contributed by atoms with E-state index in [0.29, 0.717) is 5.13 Å². The molecular weight excluding hydrogens is 266 g/mol. The van der Waals surface area contributed by atoms with Gasteiger partial charge in [-0.3, -0.25) is 5.32 Å². The lowest BCUT2D eigenvalue weighted by Gasteiger charge is -2.20. The predicted molar refractivity (Wildman–Crippen MR) is 72.6 cm³/mol. The molecule has 2 rings (SSSR count). The number of carboxylic acids is 1. The van der Waals surface area contributed by atoms with Crippen LogP contribution in [0.15, 0.2) is 0 Å². The second-order valence-corrected chi connectivity index (χ2v) is 5.73. The summed E-state index contributed by atoms with van der Waals surface area (Å²) >= 11 is 1.48. The lowest BCUT2D eigenvalue weighted by molar-refractivity contribution is -0.141. The molecule has 6 nitrogen and oxygen atoms in total. The smallest absolute Gasteiger partial charge is 0.326 e. The van der Waals surface area contributed by atoms with Crippen LogP contribution < -0.4 is 5.32 Å². The summed E-state index contributed by atoms with van der Waals surface area (Å²) in [4.78, 5) is 29.5. The SMILES string of the molecule is CC(C(=O)O)N(C)C(=O)Nc1nc2c(s1)CCCC2. The number of urea groups is 1. The number of rotatable bonds is 3. The normalized spacial score (nSPS) is 15.5. The number of carbonyl (C=O) groups is 2. The van der Waals surface area contributed by atoms with E-state index in [2.05, 4.69) is 10.3 Å². The van der Waals surface area contributed by atoms with Gasteiger partial charge in [0.25, 0.3) is 0 Å². The van der Waals surface area contributed by atoms with Crippen LogP contribution in [-0.4, -0.2) is 40.1 Å². The lowest BCUT2D eigenvalue weighted by atomic mass is 10.0. The molecule has 0 aliphatic heterocycles. The number of aromatic nitrogens is 1. The van der Waals surface area contributed by atoms with Crippen LogP contribution in [0.2, 0.25) is 0 Å². The van der Waals surface area contributed by atoms with Crippen LogP contribution in [0, 0.1) is 0 Å². The van der Waals surface area contributed by atoms with Crippen molar-refractivity contribution in [3.05, 3.63) is 10.6 Å². The minimum atomic E-state index is -1.03. The molecule has 1 aliphatic carbocycles. The number of nitrogens with zero attached hydrogens (tertiary/aromatic N) is 2. The summed E-state index contributed by atoms with van der Waals surface area (Å²) < 4.78 is 0. The van der Waals surface area contributed by atoms with Crippen LogP contribution in [0.25, 0.3) is 0 Å². The van der Waals surface area contributed by atoms with Gasteiger partial charge in [-0.15, -0.1) is 11.3 Å². The van der Waals surface area contributed by atoms with E-state index < -0.39 is 18.0 Å². The maximum absolute atomic E-state index is 11.9. The molecule has 19 heavy (non-hydrogen) atoms. The molecule has 2 amide bonds. The van der Waals surface area contributed by atoms with Crippen molar-refractivity contribution < 1.29 is 14.7 Å². The van der Waals surface area contributed by atoms with Crippen LogP contribution in [0.3, 0.4) is 0 Å². The third-order valence-electron chi connectivity index (χ3n) is 3.32. The van der Waals surface area contributed by atoms with Crippen molar-refractivity contribution >= 4 is 28.5 Å². The van der Waals surface area contributed by atoms with Crippen molar-refractivity contribution in [2.75, 3.05) is 12.4 Å². The Kier molecular flexibility index (Phi) is 4.04. The number of likely N-dealkylation sites (N-methyl/N-ethyl adjacent to an activating group) is 1. The molecule has 0 spiro atoms. The van der Waals surface area contributed by atoms with Crippen molar-refractivity contribution in [3.8, 4) is 0 Å². The number of fused-ring (bicyclic) bond motifs is 1. The van der Waals surface area contributed by atoms with Gasteiger partial charge in [-0.05, 0) is 32.6 Å². The van der Waals surface area contributed by atoms with Gasteiger partial charge in [0.2, 0.25) is 0 Å². The van der Waals surface area contributed by atoms with Crippen molar-refractivity contribution in [2.45, 2.75) is 38.6 Å². The van der Waals surface area contributed by atoms with Gasteiger partial charge in [0.05, 0.1) is 5.69 Å². The Bertz CT molecular complexity index is 477. The Morgan fingerprint density at radius 1 is 1.42 bits per heavy atom. The van der Waals surface area contributed by atoms with Crippen molar-refractivity contribution in [1.82, 2.24) is 9.88 Å². The van der Waals surface area contributed by atoms with Gasteiger partial charge < -0.3 is 10.0 Å². The van der Waals surface area contributed by atoms with Gasteiger partial charge in [-0.2, -0.15) is 0 Å². The summed E-state index contributed by atoms with van der Waals surface area (Å²) in [5.74, 6) is -1.03. The first-order valence-electron chi connectivity index (χ1n) is 6.24. The molecule has 0 bridgehead atoms. The van der Waals surface area contributed by atoms with Gasteiger partial charge in [-0.25, -0.2) is 14.6 Å². The number of carboxylic acid groups (broad SMARTS) is 1. The minimum absolute atomic E-state index is 0.444. The first-order valence-corrected chi connectivity index (χ1v) is 7.06. The van der Waals surface area contributed by atoms with Gasteiger partial charge in [-0.1, -0.05) is 0 Å². The standard InChI is InChI=1S/C12H17N3O3S/c1-7(10(16)17)15(2)12(18)14-11-13-8-5-3-4-6-9(8)19-11/h7H,3-6H2,1-2H3,(H,16,17)(H,13,14,18). The van der Waals surface area contributed by atoms with E-state index in [9.17, 15) is 9.59 Å². The Morgan fingerprint density at radius 3 is 2.74 bits per heavy atom. The van der Waals surface area contributed by atoms with Crippen molar-refractivity contribution in [1.29, 1.82) is 0 Å². The van der Waals surface area contributed by atoms with Crippen LogP contribution in [0.5, 0.6) is 0 Å². The Balaban J connectivity index is 2.02. The lowest BCUT2D eigenvalue weighted by Crippen LogP contribution is -2.42. The Hall–Kier alpha value is -1.63. The molecule has 0 saturated carbocycles. The fourth-order valence-electron chi connectivity index (χ4n) is 1.93. The summed E-state index contributed by atoms with van der Waals surface area (Å²) in [7, 11) is 1.46. The molecule has 1 unspecified atom stereocenters. The van der Waals surface area contributed by atoms with E-state index in [0.717, 1.165) is 29.9 Å². The van der Waals surface area contributed by atoms with E-state index in [4.69, 9.17) is 5.11 Å². The Labute approximate surface area is 115 Å². The molecule has 2 N–H and O–H groups in total. The van der Waals surface area contributed by atoms with Gasteiger partial charge >= 0.3 is 12.0 Å². The quantitative estimate of drug-likeness (QED) is 0.888. The molecule has 0 radical (unpaired) electrons. The summed E-state index contributed by atoms with van der Waals surface area (Å²) in [6, 6.07) is -1.31. The number of aryl methyl sites for hydroxylation is 2. The number of nitrogens with one attached hydrogen (secondary N) is 1. The number of anilines is 1. The fourth-order valence-corrected chi connectivity index (χ4v) is 2.97. The molecule has 0 aromatic carbocycles. The predicted octanol–water partition coefficient (Wildman–Crippen LogP) is 1.96. The number of amides is 2. The zero-order valence-corrected chi connectivity index (χ0v) is 11.8. The maximum atomic E-state index is 11.9. The Morgan fingerprint density at radius 2 is 2.11 bits per heavy atom. The van der Waals surface area contributed by atoms with Crippen LogP contribution in [-0.2, 0) is 17.6 Å². The summed E-state index contributed by atoms with van der Waals surface area (Å²) in [6.45, 7) is 1.47. The monoisotopic (exact) mass is 283 g/mol. The van der Waals surface area contributed by atoms with E-state index in [1.54, 1.807) is 0 Å². The average molecular weight is 283 g/mol. The number of hydrogen-bond donors (Lipinski definition) is 2. The van der Waals surface area contributed by atoms with Crippen LogP contribution in [0.4, 0.5) is 9.93 Å². The van der Waals surface area contributed by atoms with E-state index in [1.807, 2.05) is 0 Å². The highest BCUT2D eigenvalue weighted by molar-refractivity contribution is 7.15. The molecule has 104 valence electrons. The van der Waals surface area contributed by atoms with E-state index >= 15 is 0 Å². The summed E-state index contributed by atoms with van der Waals surface area (Å²) in [5.41, 5.74) is 1.07. The molecule has 1 aromatic rings. The third-order valence-corrected chi connectivity index (χ3v) is 4.39. The molecule has 1 heterocycles. The molecule has 0 fully saturated rings. The average Bonchev–Trinajstić information content (AvgIpc) is 2.78. The molecule has 1 aliphatic rings. The second kappa shape index (κ2) is 5.56. The highest BCUT2D eigenvalue weighted by atomic mass is 32.1. The second-order valence-electron chi connectivity index (χ2n) is 4.65. The summed E-state index contributed by atoms with van der Waals surface area (Å²) in [6.07, 6.45) is 4.28. The van der Waals surface area contributed by atoms with Gasteiger partial charge in [0.15, 0.2) is 5.13 Å². The van der Waals surface area contributed by atoms with E-state index in [1.165, 1.54) is 36.6 Å². The van der Waals surface area contributed by atoms with Gasteiger partial charge in [0, 0.05) is 11.9 Å². The molecule has 0 saturated heterocycles. The minimum Gasteiger partial charge on any atom is -0.480 e. The van der Waals surface area contributed by atoms with Crippen LogP contribution in [0.1, 0.15) is 30.3 Å². The summed E-state index contributed by atoms with van der Waals surface area (Å²) in [5, 5.41) is 12.1. The topological polar surface area (TPSA) is 82.5 Å². The number of aliphatic carboxylic acids is 1. The zero-order chi connectivity index (χ0) is 14.0. The highest BCUT2D eigenvalue weighted by Crippen LogP contribution is 2.29. The first-order chi connectivity index (χ1) is 8.99. The third kappa shape index (κ3) is 3.04. The molecule has 1 atom stereocenters. The molecular formula is C12H17N3O3S.